The summed E-state index contributed by atoms with van der Waals surface area (Å²) >= 11 is 3.16. The van der Waals surface area contributed by atoms with E-state index in [0.29, 0.717) is 21.6 Å². The predicted molar refractivity (Wildman–Crippen MR) is 93.1 cm³/mol. The number of hydrogen-bond donors (Lipinski definition) is 1. The van der Waals surface area contributed by atoms with Crippen LogP contribution in [0, 0.1) is 13.8 Å². The van der Waals surface area contributed by atoms with Crippen molar-refractivity contribution in [1.82, 2.24) is 0 Å². The number of nitrogens with one attached hydrogen (secondary N) is 1. The van der Waals surface area contributed by atoms with Gasteiger partial charge in [-0.15, -0.1) is 23.1 Å². The average Bonchev–Trinajstić information content (AvgIpc) is 2.80. The number of carbonyl (C=O) groups is 2. The van der Waals surface area contributed by atoms with Crippen LogP contribution in [0.2, 0.25) is 0 Å². The molecule has 1 aliphatic rings. The lowest BCUT2D eigenvalue weighted by Gasteiger charge is -2.20. The Morgan fingerprint density at radius 2 is 1.95 bits per heavy atom. The lowest BCUT2D eigenvalue weighted by molar-refractivity contribution is -0.113. The zero-order valence-electron chi connectivity index (χ0n) is 13.4. The molecule has 1 saturated carbocycles. The highest BCUT2D eigenvalue weighted by molar-refractivity contribution is 8.00. The molecule has 122 valence electrons. The highest BCUT2D eigenvalue weighted by atomic mass is 32.2. The zero-order chi connectivity index (χ0) is 16.1. The standard InChI is InChI=1S/C16H23NO3S2/c1-10-11(2)22-15(14(10)16(19)20-3)17-13(18)9-21-12-7-5-4-6-8-12/h12H,4-9H2,1-3H3,(H,17,18). The van der Waals surface area contributed by atoms with E-state index in [9.17, 15) is 9.59 Å². The molecule has 0 radical (unpaired) electrons. The summed E-state index contributed by atoms with van der Waals surface area (Å²) in [6.07, 6.45) is 6.29. The first-order valence-electron chi connectivity index (χ1n) is 7.62. The number of hydrogen-bond acceptors (Lipinski definition) is 5. The first-order valence-corrected chi connectivity index (χ1v) is 9.49. The molecule has 0 atom stereocenters. The van der Waals surface area contributed by atoms with E-state index in [1.54, 1.807) is 11.8 Å². The third kappa shape index (κ3) is 4.26. The fraction of sp³-hybridized carbons (Fsp3) is 0.625. The fourth-order valence-corrected chi connectivity index (χ4v) is 4.84. The number of anilines is 1. The van der Waals surface area contributed by atoms with Crippen LogP contribution in [0.3, 0.4) is 0 Å². The Kier molecular flexibility index (Phi) is 6.32. The van der Waals surface area contributed by atoms with E-state index in [4.69, 9.17) is 4.74 Å². The van der Waals surface area contributed by atoms with Crippen LogP contribution in [0.1, 0.15) is 52.9 Å². The molecule has 1 N–H and O–H groups in total. The van der Waals surface area contributed by atoms with Gasteiger partial charge in [-0.25, -0.2) is 4.79 Å². The summed E-state index contributed by atoms with van der Waals surface area (Å²) in [6, 6.07) is 0. The van der Waals surface area contributed by atoms with E-state index in [1.165, 1.54) is 50.6 Å². The van der Waals surface area contributed by atoms with Crippen LogP contribution in [0.4, 0.5) is 5.00 Å². The minimum absolute atomic E-state index is 0.0398. The van der Waals surface area contributed by atoms with Gasteiger partial charge in [-0.1, -0.05) is 19.3 Å². The number of carbonyl (C=O) groups excluding carboxylic acids is 2. The van der Waals surface area contributed by atoms with E-state index in [1.807, 2.05) is 13.8 Å². The van der Waals surface area contributed by atoms with Gasteiger partial charge in [0, 0.05) is 10.1 Å². The molecular formula is C16H23NO3S2. The Balaban J connectivity index is 1.96. The van der Waals surface area contributed by atoms with E-state index >= 15 is 0 Å². The van der Waals surface area contributed by atoms with Gasteiger partial charge in [0.15, 0.2) is 0 Å². The maximum atomic E-state index is 12.2. The van der Waals surface area contributed by atoms with Gasteiger partial charge in [0.05, 0.1) is 18.4 Å². The van der Waals surface area contributed by atoms with Crippen LogP contribution >= 0.6 is 23.1 Å². The third-order valence-corrected chi connectivity index (χ3v) is 6.52. The highest BCUT2D eigenvalue weighted by Gasteiger charge is 2.22. The maximum Gasteiger partial charge on any atom is 0.341 e. The molecule has 0 aliphatic heterocycles. The molecule has 0 aromatic carbocycles. The van der Waals surface area contributed by atoms with Crippen LogP contribution in [0.25, 0.3) is 0 Å². The molecule has 1 heterocycles. The summed E-state index contributed by atoms with van der Waals surface area (Å²) in [5.41, 5.74) is 1.37. The van der Waals surface area contributed by atoms with Gasteiger partial charge >= 0.3 is 5.97 Å². The molecule has 0 unspecified atom stereocenters. The molecule has 0 bridgehead atoms. The molecule has 1 fully saturated rings. The molecular weight excluding hydrogens is 318 g/mol. The van der Waals surface area contributed by atoms with Crippen molar-refractivity contribution in [2.24, 2.45) is 0 Å². The second kappa shape index (κ2) is 8.02. The number of ether oxygens (including phenoxy) is 1. The van der Waals surface area contributed by atoms with Crippen molar-refractivity contribution < 1.29 is 14.3 Å². The number of amides is 1. The van der Waals surface area contributed by atoms with E-state index in [2.05, 4.69) is 5.32 Å². The largest absolute Gasteiger partial charge is 0.465 e. The smallest absolute Gasteiger partial charge is 0.341 e. The highest BCUT2D eigenvalue weighted by Crippen LogP contribution is 2.33. The number of rotatable bonds is 5. The lowest BCUT2D eigenvalue weighted by atomic mass is 10.0. The van der Waals surface area contributed by atoms with Crippen molar-refractivity contribution in [3.63, 3.8) is 0 Å². The van der Waals surface area contributed by atoms with Crippen LogP contribution in [-0.4, -0.2) is 30.0 Å². The minimum Gasteiger partial charge on any atom is -0.465 e. The monoisotopic (exact) mass is 341 g/mol. The Hall–Kier alpha value is -1.01. The van der Waals surface area contributed by atoms with Crippen molar-refractivity contribution in [3.05, 3.63) is 16.0 Å². The van der Waals surface area contributed by atoms with E-state index in [0.717, 1.165) is 10.4 Å². The van der Waals surface area contributed by atoms with Crippen LogP contribution in [0.15, 0.2) is 0 Å². The molecule has 1 aromatic rings. The van der Waals surface area contributed by atoms with Crippen molar-refractivity contribution in [2.75, 3.05) is 18.2 Å². The topological polar surface area (TPSA) is 55.4 Å². The maximum absolute atomic E-state index is 12.2. The molecule has 2 rings (SSSR count). The number of methoxy groups -OCH3 is 1. The summed E-state index contributed by atoms with van der Waals surface area (Å²) < 4.78 is 4.82. The lowest BCUT2D eigenvalue weighted by Crippen LogP contribution is -2.18. The van der Waals surface area contributed by atoms with E-state index < -0.39 is 5.97 Å². The zero-order valence-corrected chi connectivity index (χ0v) is 15.0. The van der Waals surface area contributed by atoms with Gasteiger partial charge in [0.25, 0.3) is 0 Å². The summed E-state index contributed by atoms with van der Waals surface area (Å²) in [7, 11) is 1.36. The molecule has 6 heteroatoms. The SMILES string of the molecule is COC(=O)c1c(NC(=O)CSC2CCCCC2)sc(C)c1C. The summed E-state index contributed by atoms with van der Waals surface area (Å²) in [6.45, 7) is 3.82. The van der Waals surface area contributed by atoms with E-state index in [-0.39, 0.29) is 5.91 Å². The summed E-state index contributed by atoms with van der Waals surface area (Å²) in [5, 5.41) is 4.10. The van der Waals surface area contributed by atoms with Gasteiger partial charge < -0.3 is 10.1 Å². The molecule has 1 amide bonds. The molecule has 0 saturated heterocycles. The summed E-state index contributed by atoms with van der Waals surface area (Å²) in [4.78, 5) is 25.1. The molecule has 1 aromatic heterocycles. The predicted octanol–water partition coefficient (Wildman–Crippen LogP) is 4.16. The van der Waals surface area contributed by atoms with Gasteiger partial charge in [0.1, 0.15) is 5.00 Å². The molecule has 1 aliphatic carbocycles. The van der Waals surface area contributed by atoms with Gasteiger partial charge in [-0.2, -0.15) is 0 Å². The molecule has 4 nitrogen and oxygen atoms in total. The van der Waals surface area contributed by atoms with Crippen LogP contribution in [0.5, 0.6) is 0 Å². The van der Waals surface area contributed by atoms with Crippen molar-refractivity contribution in [3.8, 4) is 0 Å². The number of esters is 1. The van der Waals surface area contributed by atoms with Gasteiger partial charge in [0.2, 0.25) is 5.91 Å². The third-order valence-electron chi connectivity index (χ3n) is 4.03. The van der Waals surface area contributed by atoms with Crippen LogP contribution < -0.4 is 5.32 Å². The second-order valence-electron chi connectivity index (χ2n) is 5.60. The average molecular weight is 341 g/mol. The van der Waals surface area contributed by atoms with Crippen LogP contribution in [-0.2, 0) is 9.53 Å². The number of thioether (sulfide) groups is 1. The first-order chi connectivity index (χ1) is 10.5. The normalized spacial score (nSPS) is 15.6. The second-order valence-corrected chi connectivity index (χ2v) is 8.11. The Morgan fingerprint density at radius 1 is 1.27 bits per heavy atom. The quantitative estimate of drug-likeness (QED) is 0.817. The fourth-order valence-electron chi connectivity index (χ4n) is 2.65. The first kappa shape index (κ1) is 17.3. The van der Waals surface area contributed by atoms with Gasteiger partial charge in [-0.05, 0) is 32.3 Å². The minimum atomic E-state index is -0.392. The van der Waals surface area contributed by atoms with Crippen molar-refractivity contribution >= 4 is 40.0 Å². The summed E-state index contributed by atoms with van der Waals surface area (Å²) in [5.74, 6) is 0.0143. The van der Waals surface area contributed by atoms with Crippen molar-refractivity contribution in [2.45, 2.75) is 51.2 Å². The molecule has 22 heavy (non-hydrogen) atoms. The van der Waals surface area contributed by atoms with Crippen molar-refractivity contribution in [1.29, 1.82) is 0 Å². The molecule has 0 spiro atoms. The number of aryl methyl sites for hydroxylation is 1. The van der Waals surface area contributed by atoms with Gasteiger partial charge in [-0.3, -0.25) is 4.79 Å². The Morgan fingerprint density at radius 3 is 2.59 bits per heavy atom. The Labute approximate surface area is 140 Å². The number of thiophene rings is 1. The Bertz CT molecular complexity index is 548.